The molecular formula is C9H13N3O2. The predicted octanol–water partition coefficient (Wildman–Crippen LogP) is 0.153. The lowest BCUT2D eigenvalue weighted by Crippen LogP contribution is -2.26. The highest BCUT2D eigenvalue weighted by Crippen LogP contribution is 2.10. The number of nitrogens with zero attached hydrogens (tertiary/aromatic N) is 1. The van der Waals surface area contributed by atoms with Crippen molar-refractivity contribution in [2.24, 2.45) is 0 Å². The minimum atomic E-state index is -0.432. The van der Waals surface area contributed by atoms with Crippen molar-refractivity contribution in [2.45, 2.75) is 19.3 Å². The van der Waals surface area contributed by atoms with Gasteiger partial charge in [0.1, 0.15) is 5.70 Å². The number of urea groups is 1. The van der Waals surface area contributed by atoms with Gasteiger partial charge in [-0.3, -0.25) is 10.1 Å². The molecule has 5 heteroatoms. The normalized spacial score (nSPS) is 25.1. The summed E-state index contributed by atoms with van der Waals surface area (Å²) in [6.07, 6.45) is 5.29. The molecule has 2 fully saturated rings. The summed E-state index contributed by atoms with van der Waals surface area (Å²) in [6, 6.07) is -0.432. The summed E-state index contributed by atoms with van der Waals surface area (Å²) in [4.78, 5) is 24.0. The van der Waals surface area contributed by atoms with Crippen LogP contribution in [-0.2, 0) is 4.79 Å². The van der Waals surface area contributed by atoms with E-state index in [0.29, 0.717) is 5.70 Å². The van der Waals surface area contributed by atoms with Crippen molar-refractivity contribution in [3.63, 3.8) is 0 Å². The van der Waals surface area contributed by atoms with Crippen LogP contribution in [0.5, 0.6) is 0 Å². The summed E-state index contributed by atoms with van der Waals surface area (Å²) in [6.45, 7) is 1.93. The molecule has 2 rings (SSSR count). The summed E-state index contributed by atoms with van der Waals surface area (Å²) in [5.41, 5.74) is 0.358. The van der Waals surface area contributed by atoms with E-state index < -0.39 is 6.03 Å². The van der Waals surface area contributed by atoms with Crippen LogP contribution in [-0.4, -0.2) is 29.9 Å². The fourth-order valence-corrected chi connectivity index (χ4v) is 1.70. The fraction of sp³-hybridized carbons (Fsp3) is 0.556. The van der Waals surface area contributed by atoms with Crippen molar-refractivity contribution in [2.75, 3.05) is 13.1 Å². The number of imide groups is 1. The summed E-state index contributed by atoms with van der Waals surface area (Å²) in [5.74, 6) is -0.333. The van der Waals surface area contributed by atoms with Crippen molar-refractivity contribution < 1.29 is 9.59 Å². The Hall–Kier alpha value is -1.52. The molecule has 0 aromatic carbocycles. The fourth-order valence-electron chi connectivity index (χ4n) is 1.70. The average molecular weight is 195 g/mol. The van der Waals surface area contributed by atoms with Gasteiger partial charge in [0, 0.05) is 19.3 Å². The summed E-state index contributed by atoms with van der Waals surface area (Å²) in [7, 11) is 0. The first-order chi connectivity index (χ1) is 6.75. The molecule has 2 aliphatic rings. The van der Waals surface area contributed by atoms with Crippen LogP contribution >= 0.6 is 0 Å². The topological polar surface area (TPSA) is 61.4 Å². The largest absolute Gasteiger partial charge is 0.376 e. The molecule has 2 saturated heterocycles. The van der Waals surface area contributed by atoms with Crippen LogP contribution in [0.15, 0.2) is 11.9 Å². The molecule has 76 valence electrons. The quantitative estimate of drug-likeness (QED) is 0.462. The van der Waals surface area contributed by atoms with E-state index in [4.69, 9.17) is 0 Å². The molecule has 2 aliphatic heterocycles. The van der Waals surface area contributed by atoms with E-state index in [2.05, 4.69) is 15.5 Å². The first-order valence-electron chi connectivity index (χ1n) is 4.84. The smallest absolute Gasteiger partial charge is 0.326 e. The number of carbonyl (C=O) groups is 2. The molecular weight excluding hydrogens is 182 g/mol. The summed E-state index contributed by atoms with van der Waals surface area (Å²) < 4.78 is 0. The van der Waals surface area contributed by atoms with Gasteiger partial charge < -0.3 is 10.2 Å². The second kappa shape index (κ2) is 3.69. The molecule has 2 heterocycles. The average Bonchev–Trinajstić information content (AvgIpc) is 2.47. The third-order valence-electron chi connectivity index (χ3n) is 2.42. The van der Waals surface area contributed by atoms with Crippen LogP contribution in [0.25, 0.3) is 0 Å². The van der Waals surface area contributed by atoms with Crippen LogP contribution < -0.4 is 10.6 Å². The van der Waals surface area contributed by atoms with Crippen LogP contribution in [0.1, 0.15) is 19.3 Å². The summed E-state index contributed by atoms with van der Waals surface area (Å²) >= 11 is 0. The standard InChI is InChI=1S/C9H13N3O2/c13-8-7(10-9(14)11-8)6-12-4-2-1-3-5-12/h6H,1-5H2,(H2,10,11,13,14)/b7-6+. The molecule has 3 amide bonds. The highest BCUT2D eigenvalue weighted by atomic mass is 16.2. The third kappa shape index (κ3) is 1.86. The number of hydrogen-bond donors (Lipinski definition) is 2. The van der Waals surface area contributed by atoms with Crippen molar-refractivity contribution >= 4 is 11.9 Å². The van der Waals surface area contributed by atoms with E-state index in [1.54, 1.807) is 6.20 Å². The molecule has 0 aromatic rings. The third-order valence-corrected chi connectivity index (χ3v) is 2.42. The van der Waals surface area contributed by atoms with Crippen molar-refractivity contribution in [1.82, 2.24) is 15.5 Å². The van der Waals surface area contributed by atoms with Gasteiger partial charge in [0.05, 0.1) is 0 Å². The molecule has 0 bridgehead atoms. The zero-order valence-corrected chi connectivity index (χ0v) is 7.88. The lowest BCUT2D eigenvalue weighted by atomic mass is 10.1. The molecule has 2 N–H and O–H groups in total. The Morgan fingerprint density at radius 2 is 1.79 bits per heavy atom. The van der Waals surface area contributed by atoms with Crippen LogP contribution in [0.4, 0.5) is 4.79 Å². The Labute approximate surface area is 82.1 Å². The number of nitrogens with one attached hydrogen (secondary N) is 2. The number of rotatable bonds is 1. The van der Waals surface area contributed by atoms with Crippen LogP contribution in [0.3, 0.4) is 0 Å². The van der Waals surface area contributed by atoms with E-state index in [1.807, 2.05) is 0 Å². The minimum absolute atomic E-state index is 0.333. The number of carbonyl (C=O) groups excluding carboxylic acids is 2. The van der Waals surface area contributed by atoms with Crippen molar-refractivity contribution in [3.05, 3.63) is 11.9 Å². The Kier molecular flexibility index (Phi) is 2.39. The molecule has 0 atom stereocenters. The molecule has 0 unspecified atom stereocenters. The molecule has 0 radical (unpaired) electrons. The number of piperidine rings is 1. The van der Waals surface area contributed by atoms with Crippen LogP contribution in [0.2, 0.25) is 0 Å². The van der Waals surface area contributed by atoms with E-state index in [9.17, 15) is 9.59 Å². The highest BCUT2D eigenvalue weighted by Gasteiger charge is 2.23. The maximum Gasteiger partial charge on any atom is 0.326 e. The van der Waals surface area contributed by atoms with Crippen molar-refractivity contribution in [3.8, 4) is 0 Å². The molecule has 0 spiro atoms. The molecule has 14 heavy (non-hydrogen) atoms. The first kappa shape index (κ1) is 9.05. The van der Waals surface area contributed by atoms with E-state index in [0.717, 1.165) is 25.9 Å². The van der Waals surface area contributed by atoms with E-state index in [-0.39, 0.29) is 5.91 Å². The SMILES string of the molecule is O=C1NC(=O)/C(=C\N2CCCCC2)N1. The first-order valence-corrected chi connectivity index (χ1v) is 4.84. The highest BCUT2D eigenvalue weighted by molar-refractivity contribution is 6.11. The van der Waals surface area contributed by atoms with Gasteiger partial charge in [-0.2, -0.15) is 0 Å². The Morgan fingerprint density at radius 3 is 2.36 bits per heavy atom. The van der Waals surface area contributed by atoms with Gasteiger partial charge in [-0.25, -0.2) is 4.79 Å². The molecule has 0 aliphatic carbocycles. The molecule has 0 saturated carbocycles. The second-order valence-corrected chi connectivity index (χ2v) is 3.55. The molecule has 0 aromatic heterocycles. The summed E-state index contributed by atoms with van der Waals surface area (Å²) in [5, 5.41) is 4.64. The predicted molar refractivity (Wildman–Crippen MR) is 50.2 cm³/mol. The number of likely N-dealkylation sites (tertiary alicyclic amines) is 1. The molecule has 5 nitrogen and oxygen atoms in total. The zero-order valence-electron chi connectivity index (χ0n) is 7.88. The maximum atomic E-state index is 11.2. The van der Waals surface area contributed by atoms with E-state index in [1.165, 1.54) is 6.42 Å². The lowest BCUT2D eigenvalue weighted by Gasteiger charge is -2.25. The van der Waals surface area contributed by atoms with E-state index >= 15 is 0 Å². The van der Waals surface area contributed by atoms with Crippen LogP contribution in [0, 0.1) is 0 Å². The van der Waals surface area contributed by atoms with Gasteiger partial charge >= 0.3 is 6.03 Å². The van der Waals surface area contributed by atoms with Gasteiger partial charge in [-0.05, 0) is 19.3 Å². The number of hydrogen-bond acceptors (Lipinski definition) is 3. The Balaban J connectivity index is 2.02. The minimum Gasteiger partial charge on any atom is -0.376 e. The Bertz CT molecular complexity index is 292. The monoisotopic (exact) mass is 195 g/mol. The van der Waals surface area contributed by atoms with Gasteiger partial charge in [0.2, 0.25) is 0 Å². The maximum absolute atomic E-state index is 11.2. The second-order valence-electron chi connectivity index (χ2n) is 3.55. The Morgan fingerprint density at radius 1 is 1.07 bits per heavy atom. The van der Waals surface area contributed by atoms with Gasteiger partial charge in [0.15, 0.2) is 0 Å². The van der Waals surface area contributed by atoms with Crippen molar-refractivity contribution in [1.29, 1.82) is 0 Å². The van der Waals surface area contributed by atoms with Gasteiger partial charge in [-0.1, -0.05) is 0 Å². The lowest BCUT2D eigenvalue weighted by molar-refractivity contribution is -0.115. The van der Waals surface area contributed by atoms with Gasteiger partial charge in [0.25, 0.3) is 5.91 Å². The number of amides is 3. The zero-order chi connectivity index (χ0) is 9.97. The van der Waals surface area contributed by atoms with Gasteiger partial charge in [-0.15, -0.1) is 0 Å².